The molecule has 0 saturated carbocycles. The highest BCUT2D eigenvalue weighted by Crippen LogP contribution is 2.41. The maximum Gasteiger partial charge on any atom is 0.325 e. The van der Waals surface area contributed by atoms with Gasteiger partial charge in [-0.2, -0.15) is 0 Å². The third kappa shape index (κ3) is 3.18. The second-order valence-electron chi connectivity index (χ2n) is 8.06. The molecule has 4 amide bonds. The van der Waals surface area contributed by atoms with E-state index >= 15 is 0 Å². The fourth-order valence-electron chi connectivity index (χ4n) is 4.36. The van der Waals surface area contributed by atoms with Gasteiger partial charge < -0.3 is 10.2 Å². The van der Waals surface area contributed by atoms with E-state index in [1.165, 1.54) is 5.56 Å². The van der Waals surface area contributed by atoms with Crippen molar-refractivity contribution in [1.82, 2.24) is 15.1 Å². The number of hydrogen-bond acceptors (Lipinski definition) is 3. The molecule has 1 atom stereocenters. The monoisotopic (exact) mass is 391 g/mol. The van der Waals surface area contributed by atoms with Gasteiger partial charge in [-0.25, -0.2) is 4.79 Å². The number of carbonyl (C=O) groups is 3. The van der Waals surface area contributed by atoms with Crippen molar-refractivity contribution in [2.24, 2.45) is 0 Å². The van der Waals surface area contributed by atoms with Crippen LogP contribution in [0.4, 0.5) is 4.79 Å². The Hall–Kier alpha value is -3.15. The van der Waals surface area contributed by atoms with Crippen LogP contribution in [0.25, 0.3) is 0 Å². The molecule has 0 unspecified atom stereocenters. The van der Waals surface area contributed by atoms with Gasteiger partial charge in [0.25, 0.3) is 5.91 Å². The van der Waals surface area contributed by atoms with Gasteiger partial charge >= 0.3 is 6.03 Å². The Balaban J connectivity index is 1.49. The van der Waals surface area contributed by atoms with Gasteiger partial charge in [-0.3, -0.25) is 14.5 Å². The van der Waals surface area contributed by atoms with Gasteiger partial charge in [0.1, 0.15) is 12.1 Å². The highest BCUT2D eigenvalue weighted by Gasteiger charge is 2.55. The number of nitrogens with zero attached hydrogens (tertiary/aromatic N) is 2. The van der Waals surface area contributed by atoms with Crippen LogP contribution in [0.1, 0.15) is 34.2 Å². The number of aryl methyl sites for hydroxylation is 3. The molecule has 1 aliphatic carbocycles. The van der Waals surface area contributed by atoms with Gasteiger partial charge in [0, 0.05) is 13.6 Å². The highest BCUT2D eigenvalue weighted by molar-refractivity contribution is 6.09. The van der Waals surface area contributed by atoms with E-state index in [1.54, 1.807) is 11.9 Å². The molecule has 1 spiro atoms. The zero-order chi connectivity index (χ0) is 20.8. The molecular weight excluding hydrogens is 366 g/mol. The number of hydrogen-bond donors (Lipinski definition) is 1. The second-order valence-corrected chi connectivity index (χ2v) is 8.06. The van der Waals surface area contributed by atoms with Crippen LogP contribution in [0.15, 0.2) is 42.5 Å². The van der Waals surface area contributed by atoms with E-state index in [9.17, 15) is 14.4 Å². The average molecular weight is 391 g/mol. The SMILES string of the molecule is Cc1ccc(CN(C)C(=O)CN2C(=O)N[C@@]3(CCc4ccccc43)C2=O)c(C)c1. The van der Waals surface area contributed by atoms with Crippen LogP contribution in [0.2, 0.25) is 0 Å². The third-order valence-electron chi connectivity index (χ3n) is 6.05. The first-order valence-corrected chi connectivity index (χ1v) is 9.84. The molecule has 1 aliphatic heterocycles. The zero-order valence-corrected chi connectivity index (χ0v) is 17.0. The lowest BCUT2D eigenvalue weighted by Crippen LogP contribution is -2.44. The quantitative estimate of drug-likeness (QED) is 0.815. The molecular formula is C23H25N3O3. The molecule has 6 heteroatoms. The van der Waals surface area contributed by atoms with Crippen molar-refractivity contribution in [3.05, 3.63) is 70.3 Å². The summed E-state index contributed by atoms with van der Waals surface area (Å²) in [6.07, 6.45) is 1.26. The summed E-state index contributed by atoms with van der Waals surface area (Å²) in [6, 6.07) is 13.3. The summed E-state index contributed by atoms with van der Waals surface area (Å²) in [6.45, 7) is 4.22. The fraction of sp³-hybridized carbons (Fsp3) is 0.348. The summed E-state index contributed by atoms with van der Waals surface area (Å²) >= 11 is 0. The van der Waals surface area contributed by atoms with Crippen LogP contribution in [0.5, 0.6) is 0 Å². The van der Waals surface area contributed by atoms with E-state index in [-0.39, 0.29) is 18.4 Å². The first kappa shape index (κ1) is 19.2. The van der Waals surface area contributed by atoms with Gasteiger partial charge in [-0.05, 0) is 48.9 Å². The Kier molecular flexibility index (Phi) is 4.65. The van der Waals surface area contributed by atoms with Crippen LogP contribution < -0.4 is 5.32 Å². The summed E-state index contributed by atoms with van der Waals surface area (Å²) < 4.78 is 0. The fourth-order valence-corrected chi connectivity index (χ4v) is 4.36. The van der Waals surface area contributed by atoms with E-state index in [0.717, 1.165) is 33.6 Å². The molecule has 150 valence electrons. The molecule has 1 fully saturated rings. The molecule has 1 N–H and O–H groups in total. The molecule has 0 bridgehead atoms. The van der Waals surface area contributed by atoms with E-state index in [1.807, 2.05) is 50.2 Å². The smallest absolute Gasteiger partial charge is 0.325 e. The number of carbonyl (C=O) groups excluding carboxylic acids is 3. The van der Waals surface area contributed by atoms with Crippen LogP contribution in [0.3, 0.4) is 0 Å². The average Bonchev–Trinajstić information content (AvgIpc) is 3.17. The van der Waals surface area contributed by atoms with Crippen molar-refractivity contribution in [1.29, 1.82) is 0 Å². The molecule has 29 heavy (non-hydrogen) atoms. The van der Waals surface area contributed by atoms with Crippen molar-refractivity contribution in [3.63, 3.8) is 0 Å². The Labute approximate surface area is 170 Å². The topological polar surface area (TPSA) is 69.7 Å². The summed E-state index contributed by atoms with van der Waals surface area (Å²) in [4.78, 5) is 41.2. The second kappa shape index (κ2) is 7.03. The number of amides is 4. The minimum atomic E-state index is -1.03. The predicted octanol–water partition coefficient (Wildman–Crippen LogP) is 2.66. The third-order valence-corrected chi connectivity index (χ3v) is 6.05. The molecule has 4 rings (SSSR count). The first-order valence-electron chi connectivity index (χ1n) is 9.84. The number of fused-ring (bicyclic) bond motifs is 2. The lowest BCUT2D eigenvalue weighted by atomic mass is 9.92. The maximum atomic E-state index is 13.2. The Bertz CT molecular complexity index is 1020. The van der Waals surface area contributed by atoms with Gasteiger partial charge in [0.05, 0.1) is 0 Å². The van der Waals surface area contributed by atoms with Gasteiger partial charge in [-0.15, -0.1) is 0 Å². The van der Waals surface area contributed by atoms with Gasteiger partial charge in [-0.1, -0.05) is 48.0 Å². The Morgan fingerprint density at radius 2 is 1.93 bits per heavy atom. The normalized spacial score (nSPS) is 20.2. The summed E-state index contributed by atoms with van der Waals surface area (Å²) in [7, 11) is 1.70. The number of benzene rings is 2. The molecule has 1 heterocycles. The van der Waals surface area contributed by atoms with E-state index < -0.39 is 11.6 Å². The van der Waals surface area contributed by atoms with Crippen molar-refractivity contribution < 1.29 is 14.4 Å². The molecule has 6 nitrogen and oxygen atoms in total. The van der Waals surface area contributed by atoms with Crippen molar-refractivity contribution >= 4 is 17.8 Å². The van der Waals surface area contributed by atoms with E-state index in [4.69, 9.17) is 0 Å². The number of nitrogens with one attached hydrogen (secondary N) is 1. The summed E-state index contributed by atoms with van der Waals surface area (Å²) in [5.74, 6) is -0.600. The van der Waals surface area contributed by atoms with Crippen molar-refractivity contribution in [2.45, 2.75) is 38.8 Å². The summed E-state index contributed by atoms with van der Waals surface area (Å²) in [5, 5.41) is 2.86. The molecule has 0 radical (unpaired) electrons. The van der Waals surface area contributed by atoms with Crippen molar-refractivity contribution in [2.75, 3.05) is 13.6 Å². The number of rotatable bonds is 4. The first-order chi connectivity index (χ1) is 13.8. The minimum Gasteiger partial charge on any atom is -0.340 e. The highest BCUT2D eigenvalue weighted by atomic mass is 16.2. The van der Waals surface area contributed by atoms with Gasteiger partial charge in [0.15, 0.2) is 0 Å². The van der Waals surface area contributed by atoms with Crippen LogP contribution in [-0.4, -0.2) is 41.2 Å². The number of likely N-dealkylation sites (N-methyl/N-ethyl adjacent to an activating group) is 1. The lowest BCUT2D eigenvalue weighted by Gasteiger charge is -2.23. The molecule has 0 aromatic heterocycles. The molecule has 2 aliphatic rings. The summed E-state index contributed by atoms with van der Waals surface area (Å²) in [5.41, 5.74) is 4.21. The maximum absolute atomic E-state index is 13.2. The number of imide groups is 1. The Morgan fingerprint density at radius 1 is 1.17 bits per heavy atom. The zero-order valence-electron chi connectivity index (χ0n) is 17.0. The van der Waals surface area contributed by atoms with Gasteiger partial charge in [0.2, 0.25) is 5.91 Å². The molecule has 2 aromatic carbocycles. The lowest BCUT2D eigenvalue weighted by molar-refractivity contribution is -0.138. The minimum absolute atomic E-state index is 0.254. The van der Waals surface area contributed by atoms with Crippen LogP contribution in [-0.2, 0) is 28.1 Å². The standard InChI is InChI=1S/C23H25N3O3/c1-15-8-9-18(16(2)12-15)13-25(3)20(27)14-26-21(28)23(24-22(26)29)11-10-17-6-4-5-7-19(17)23/h4-9,12H,10-11,13-14H2,1-3H3,(H,24,29)/t23-/m1/s1. The predicted molar refractivity (Wildman–Crippen MR) is 109 cm³/mol. The molecule has 1 saturated heterocycles. The van der Waals surface area contributed by atoms with E-state index in [0.29, 0.717) is 13.0 Å². The number of urea groups is 1. The largest absolute Gasteiger partial charge is 0.340 e. The van der Waals surface area contributed by atoms with Crippen LogP contribution in [0, 0.1) is 13.8 Å². The molecule has 2 aromatic rings. The van der Waals surface area contributed by atoms with Crippen molar-refractivity contribution in [3.8, 4) is 0 Å². The van der Waals surface area contributed by atoms with E-state index in [2.05, 4.69) is 11.4 Å². The van der Waals surface area contributed by atoms with Crippen LogP contribution >= 0.6 is 0 Å². The Morgan fingerprint density at radius 3 is 2.69 bits per heavy atom.